The standard InChI is InChI=1S/C22H30ClN5O3S/c1-5-26(6-2)22-24-15-19(23)20(25-22)21(29)27-11-13-28(14-12-27)32(30,31)18-9-7-17(8-10-18)16(3)4/h7-10,15-16H,5-6,11-14H2,1-4H3. The summed E-state index contributed by atoms with van der Waals surface area (Å²) in [5, 5.41) is 0.186. The van der Waals surface area contributed by atoms with E-state index in [2.05, 4.69) is 23.8 Å². The van der Waals surface area contributed by atoms with Crippen LogP contribution >= 0.6 is 11.6 Å². The number of carbonyl (C=O) groups is 1. The van der Waals surface area contributed by atoms with Crippen molar-refractivity contribution in [3.05, 3.63) is 46.7 Å². The van der Waals surface area contributed by atoms with Crippen LogP contribution in [0.5, 0.6) is 0 Å². The van der Waals surface area contributed by atoms with Crippen LogP contribution in [-0.2, 0) is 10.0 Å². The summed E-state index contributed by atoms with van der Waals surface area (Å²) < 4.78 is 27.5. The molecule has 1 saturated heterocycles. The largest absolute Gasteiger partial charge is 0.341 e. The number of benzene rings is 1. The number of amides is 1. The number of nitrogens with zero attached hydrogens (tertiary/aromatic N) is 5. The van der Waals surface area contributed by atoms with E-state index in [1.807, 2.05) is 30.9 Å². The summed E-state index contributed by atoms with van der Waals surface area (Å²) in [6, 6.07) is 7.00. The summed E-state index contributed by atoms with van der Waals surface area (Å²) in [6.07, 6.45) is 1.44. The zero-order chi connectivity index (χ0) is 23.5. The predicted molar refractivity (Wildman–Crippen MR) is 126 cm³/mol. The fourth-order valence-electron chi connectivity index (χ4n) is 3.62. The normalized spacial score (nSPS) is 15.2. The SMILES string of the molecule is CCN(CC)c1ncc(Cl)c(C(=O)N2CCN(S(=O)(=O)c3ccc(C(C)C)cc3)CC2)n1. The minimum Gasteiger partial charge on any atom is -0.341 e. The lowest BCUT2D eigenvalue weighted by Gasteiger charge is -2.34. The topological polar surface area (TPSA) is 86.7 Å². The number of rotatable bonds is 7. The van der Waals surface area contributed by atoms with Gasteiger partial charge in [-0.2, -0.15) is 4.31 Å². The van der Waals surface area contributed by atoms with Crippen molar-refractivity contribution >= 4 is 33.5 Å². The minimum atomic E-state index is -3.61. The molecule has 0 bridgehead atoms. The summed E-state index contributed by atoms with van der Waals surface area (Å²) >= 11 is 6.22. The highest BCUT2D eigenvalue weighted by atomic mass is 35.5. The van der Waals surface area contributed by atoms with Crippen LogP contribution in [0.1, 0.15) is 49.7 Å². The number of hydrogen-bond donors (Lipinski definition) is 0. The van der Waals surface area contributed by atoms with Crippen LogP contribution in [0, 0.1) is 0 Å². The number of aromatic nitrogens is 2. The zero-order valence-corrected chi connectivity index (χ0v) is 20.5. The first-order chi connectivity index (χ1) is 15.2. The molecule has 3 rings (SSSR count). The Hall–Kier alpha value is -2.23. The Morgan fingerprint density at radius 1 is 1.09 bits per heavy atom. The third-order valence-corrected chi connectivity index (χ3v) is 7.88. The van der Waals surface area contributed by atoms with Gasteiger partial charge in [0.2, 0.25) is 16.0 Å². The Bertz CT molecular complexity index is 1050. The molecule has 174 valence electrons. The van der Waals surface area contributed by atoms with Crippen LogP contribution in [0.15, 0.2) is 35.4 Å². The van der Waals surface area contributed by atoms with Crippen molar-refractivity contribution in [2.75, 3.05) is 44.2 Å². The highest BCUT2D eigenvalue weighted by Crippen LogP contribution is 2.23. The maximum atomic E-state index is 13.1. The van der Waals surface area contributed by atoms with E-state index >= 15 is 0 Å². The Balaban J connectivity index is 1.71. The fourth-order valence-corrected chi connectivity index (χ4v) is 5.22. The average Bonchev–Trinajstić information content (AvgIpc) is 2.80. The molecule has 0 spiro atoms. The Morgan fingerprint density at radius 2 is 1.69 bits per heavy atom. The summed E-state index contributed by atoms with van der Waals surface area (Å²) in [7, 11) is -3.61. The molecule has 2 aromatic rings. The second kappa shape index (κ2) is 10.1. The van der Waals surface area contributed by atoms with E-state index in [0.29, 0.717) is 25.0 Å². The lowest BCUT2D eigenvalue weighted by Crippen LogP contribution is -2.50. The van der Waals surface area contributed by atoms with E-state index in [9.17, 15) is 13.2 Å². The molecule has 0 saturated carbocycles. The zero-order valence-electron chi connectivity index (χ0n) is 19.0. The van der Waals surface area contributed by atoms with Gasteiger partial charge in [-0.3, -0.25) is 4.79 Å². The second-order valence-electron chi connectivity index (χ2n) is 7.96. The molecule has 8 nitrogen and oxygen atoms in total. The molecule has 1 aromatic carbocycles. The molecule has 0 radical (unpaired) electrons. The maximum Gasteiger partial charge on any atom is 0.274 e. The first-order valence-corrected chi connectivity index (χ1v) is 12.7. The van der Waals surface area contributed by atoms with Gasteiger partial charge in [0.1, 0.15) is 0 Å². The summed E-state index contributed by atoms with van der Waals surface area (Å²) in [5.41, 5.74) is 1.23. The smallest absolute Gasteiger partial charge is 0.274 e. The number of halogens is 1. The number of hydrogen-bond acceptors (Lipinski definition) is 6. The lowest BCUT2D eigenvalue weighted by atomic mass is 10.0. The van der Waals surface area contributed by atoms with Gasteiger partial charge in [0.05, 0.1) is 16.1 Å². The van der Waals surface area contributed by atoms with E-state index < -0.39 is 10.0 Å². The van der Waals surface area contributed by atoms with Crippen LogP contribution in [-0.4, -0.2) is 72.8 Å². The van der Waals surface area contributed by atoms with Crippen molar-refractivity contribution in [3.8, 4) is 0 Å². The van der Waals surface area contributed by atoms with Crippen LogP contribution in [0.25, 0.3) is 0 Å². The minimum absolute atomic E-state index is 0.143. The van der Waals surface area contributed by atoms with Crippen molar-refractivity contribution in [2.45, 2.75) is 38.5 Å². The van der Waals surface area contributed by atoms with Crippen molar-refractivity contribution in [1.82, 2.24) is 19.2 Å². The molecule has 0 atom stereocenters. The van der Waals surface area contributed by atoms with Gasteiger partial charge in [-0.25, -0.2) is 18.4 Å². The van der Waals surface area contributed by atoms with Gasteiger partial charge in [-0.15, -0.1) is 0 Å². The predicted octanol–water partition coefficient (Wildman–Crippen LogP) is 3.25. The quantitative estimate of drug-likeness (QED) is 0.605. The molecule has 1 aromatic heterocycles. The van der Waals surface area contributed by atoms with Gasteiger partial charge < -0.3 is 9.80 Å². The van der Waals surface area contributed by atoms with Crippen LogP contribution in [0.2, 0.25) is 5.02 Å². The summed E-state index contributed by atoms with van der Waals surface area (Å²) in [6.45, 7) is 10.5. The average molecular weight is 480 g/mol. The van der Waals surface area contributed by atoms with Gasteiger partial charge >= 0.3 is 0 Å². The van der Waals surface area contributed by atoms with Gasteiger partial charge in [0.25, 0.3) is 5.91 Å². The van der Waals surface area contributed by atoms with Crippen molar-refractivity contribution < 1.29 is 13.2 Å². The number of carbonyl (C=O) groups excluding carboxylic acids is 1. The highest BCUT2D eigenvalue weighted by Gasteiger charge is 2.31. The first-order valence-electron chi connectivity index (χ1n) is 10.9. The van der Waals surface area contributed by atoms with Crippen LogP contribution < -0.4 is 4.90 Å². The van der Waals surface area contributed by atoms with Gasteiger partial charge in [-0.05, 0) is 37.5 Å². The Kier molecular flexibility index (Phi) is 7.74. The third-order valence-electron chi connectivity index (χ3n) is 5.69. The molecule has 0 unspecified atom stereocenters. The summed E-state index contributed by atoms with van der Waals surface area (Å²) in [5.74, 6) is 0.468. The van der Waals surface area contributed by atoms with Crippen molar-refractivity contribution in [1.29, 1.82) is 0 Å². The number of sulfonamides is 1. The van der Waals surface area contributed by atoms with E-state index in [0.717, 1.165) is 5.56 Å². The molecule has 1 amide bonds. The Labute approximate surface area is 195 Å². The van der Waals surface area contributed by atoms with Crippen molar-refractivity contribution in [3.63, 3.8) is 0 Å². The monoisotopic (exact) mass is 479 g/mol. The van der Waals surface area contributed by atoms with E-state index in [1.165, 1.54) is 10.5 Å². The molecular weight excluding hydrogens is 450 g/mol. The maximum absolute atomic E-state index is 13.1. The molecule has 0 N–H and O–H groups in total. The van der Waals surface area contributed by atoms with E-state index in [-0.39, 0.29) is 47.7 Å². The first kappa shape index (κ1) is 24.4. The van der Waals surface area contributed by atoms with E-state index in [4.69, 9.17) is 11.6 Å². The molecular formula is C22H30ClN5O3S. The van der Waals surface area contributed by atoms with Crippen LogP contribution in [0.3, 0.4) is 0 Å². The molecule has 10 heteroatoms. The van der Waals surface area contributed by atoms with Crippen LogP contribution in [0.4, 0.5) is 5.95 Å². The highest BCUT2D eigenvalue weighted by molar-refractivity contribution is 7.89. The molecule has 32 heavy (non-hydrogen) atoms. The van der Waals surface area contributed by atoms with E-state index in [1.54, 1.807) is 17.0 Å². The molecule has 1 aliphatic heterocycles. The van der Waals surface area contributed by atoms with Gasteiger partial charge in [0, 0.05) is 39.3 Å². The molecule has 1 fully saturated rings. The number of piperazine rings is 1. The number of anilines is 1. The Morgan fingerprint density at radius 3 is 2.22 bits per heavy atom. The van der Waals surface area contributed by atoms with Gasteiger partial charge in [0.15, 0.2) is 5.69 Å². The molecule has 0 aliphatic carbocycles. The van der Waals surface area contributed by atoms with Crippen molar-refractivity contribution in [2.24, 2.45) is 0 Å². The van der Waals surface area contributed by atoms with Gasteiger partial charge in [-0.1, -0.05) is 37.6 Å². The third kappa shape index (κ3) is 5.05. The summed E-state index contributed by atoms with van der Waals surface area (Å²) in [4.78, 5) is 25.5. The molecule has 1 aliphatic rings. The lowest BCUT2D eigenvalue weighted by molar-refractivity contribution is 0.0692. The second-order valence-corrected chi connectivity index (χ2v) is 10.3. The molecule has 2 heterocycles. The fraction of sp³-hybridized carbons (Fsp3) is 0.500.